The summed E-state index contributed by atoms with van der Waals surface area (Å²) in [5.74, 6) is 1.20. The monoisotopic (exact) mass is 263 g/mol. The predicted octanol–water partition coefficient (Wildman–Crippen LogP) is 0.356. The standard InChI is InChI=1S/C12H21N7/c1-8(2)7-17-12(15)16-5-3-4-10-9(6-13)11(14)19-18-10/h8H,3-5,7H2,1-2H3,(H3,14,18,19)(H3,15,16,17). The molecule has 0 aliphatic heterocycles. The number of nitrogens with two attached hydrogens (primary N) is 2. The van der Waals surface area contributed by atoms with Crippen molar-refractivity contribution in [1.82, 2.24) is 15.5 Å². The summed E-state index contributed by atoms with van der Waals surface area (Å²) in [6, 6.07) is 2.04. The number of aromatic nitrogens is 2. The highest BCUT2D eigenvalue weighted by atomic mass is 15.2. The third-order valence-electron chi connectivity index (χ3n) is 2.52. The summed E-state index contributed by atoms with van der Waals surface area (Å²) in [6.07, 6.45) is 1.51. The Morgan fingerprint density at radius 3 is 2.95 bits per heavy atom. The van der Waals surface area contributed by atoms with E-state index in [9.17, 15) is 0 Å². The summed E-state index contributed by atoms with van der Waals surface area (Å²) in [5.41, 5.74) is 12.5. The number of rotatable bonds is 6. The lowest BCUT2D eigenvalue weighted by atomic mass is 10.1. The number of hydrogen-bond acceptors (Lipinski definition) is 4. The molecule has 0 aliphatic rings. The average Bonchev–Trinajstić information content (AvgIpc) is 2.72. The van der Waals surface area contributed by atoms with Gasteiger partial charge in [0.2, 0.25) is 0 Å². The van der Waals surface area contributed by atoms with Gasteiger partial charge >= 0.3 is 0 Å². The quantitative estimate of drug-likeness (QED) is 0.334. The van der Waals surface area contributed by atoms with Crippen LogP contribution in [0.25, 0.3) is 0 Å². The van der Waals surface area contributed by atoms with Gasteiger partial charge in [-0.25, -0.2) is 0 Å². The van der Waals surface area contributed by atoms with Crippen LogP contribution in [0.4, 0.5) is 5.82 Å². The highest BCUT2D eigenvalue weighted by Gasteiger charge is 2.09. The molecule has 0 atom stereocenters. The number of aromatic amines is 1. The fourth-order valence-corrected chi connectivity index (χ4v) is 1.52. The van der Waals surface area contributed by atoms with Gasteiger partial charge in [0.25, 0.3) is 0 Å². The number of aryl methyl sites for hydroxylation is 1. The molecule has 1 aromatic rings. The van der Waals surface area contributed by atoms with Gasteiger partial charge in [-0.2, -0.15) is 10.4 Å². The van der Waals surface area contributed by atoms with E-state index < -0.39 is 0 Å². The average molecular weight is 263 g/mol. The number of guanidine groups is 1. The van der Waals surface area contributed by atoms with E-state index in [-0.39, 0.29) is 5.82 Å². The van der Waals surface area contributed by atoms with Crippen molar-refractivity contribution >= 4 is 11.8 Å². The summed E-state index contributed by atoms with van der Waals surface area (Å²) in [6.45, 7) is 5.58. The number of nitrogens with one attached hydrogen (secondary N) is 2. The molecule has 0 unspecified atom stereocenters. The molecule has 7 nitrogen and oxygen atoms in total. The van der Waals surface area contributed by atoms with Gasteiger partial charge in [-0.1, -0.05) is 13.8 Å². The van der Waals surface area contributed by atoms with Crippen LogP contribution in [0.5, 0.6) is 0 Å². The van der Waals surface area contributed by atoms with Crippen molar-refractivity contribution in [2.45, 2.75) is 26.7 Å². The number of aliphatic imine (C=N–C) groups is 1. The van der Waals surface area contributed by atoms with Gasteiger partial charge in [-0.15, -0.1) is 0 Å². The van der Waals surface area contributed by atoms with Crippen molar-refractivity contribution < 1.29 is 0 Å². The molecule has 0 amide bonds. The maximum absolute atomic E-state index is 8.91. The smallest absolute Gasteiger partial charge is 0.188 e. The molecule has 1 aromatic heterocycles. The Labute approximate surface area is 113 Å². The largest absolute Gasteiger partial charge is 0.381 e. The topological polar surface area (TPSA) is 129 Å². The number of nitrogens with zero attached hydrogens (tertiary/aromatic N) is 3. The zero-order chi connectivity index (χ0) is 14.3. The molecule has 0 aromatic carbocycles. The van der Waals surface area contributed by atoms with Gasteiger partial charge in [-0.05, 0) is 18.8 Å². The normalized spacial score (nSPS) is 11.6. The van der Waals surface area contributed by atoms with Crippen LogP contribution in [0.15, 0.2) is 4.99 Å². The number of anilines is 1. The molecular weight excluding hydrogens is 242 g/mol. The summed E-state index contributed by atoms with van der Waals surface area (Å²) < 4.78 is 0. The zero-order valence-electron chi connectivity index (χ0n) is 11.4. The first-order valence-electron chi connectivity index (χ1n) is 6.31. The minimum absolute atomic E-state index is 0.253. The van der Waals surface area contributed by atoms with Crippen LogP contribution in [-0.2, 0) is 6.42 Å². The van der Waals surface area contributed by atoms with Crippen molar-refractivity contribution in [3.8, 4) is 6.07 Å². The van der Waals surface area contributed by atoms with Gasteiger partial charge in [0.1, 0.15) is 11.6 Å². The number of nitrogen functional groups attached to an aromatic ring is 1. The van der Waals surface area contributed by atoms with E-state index in [4.69, 9.17) is 16.7 Å². The first-order chi connectivity index (χ1) is 9.04. The molecule has 0 saturated heterocycles. The maximum Gasteiger partial charge on any atom is 0.188 e. The molecule has 19 heavy (non-hydrogen) atoms. The second-order valence-electron chi connectivity index (χ2n) is 4.72. The Morgan fingerprint density at radius 1 is 1.58 bits per heavy atom. The van der Waals surface area contributed by atoms with Crippen molar-refractivity contribution in [2.24, 2.45) is 16.6 Å². The highest BCUT2D eigenvalue weighted by Crippen LogP contribution is 2.12. The number of H-pyrrole nitrogens is 1. The van der Waals surface area contributed by atoms with Crippen LogP contribution < -0.4 is 16.8 Å². The second kappa shape index (κ2) is 7.26. The molecule has 0 saturated carbocycles. The van der Waals surface area contributed by atoms with E-state index in [1.54, 1.807) is 0 Å². The first kappa shape index (κ1) is 14.8. The highest BCUT2D eigenvalue weighted by molar-refractivity contribution is 5.77. The Balaban J connectivity index is 2.31. The van der Waals surface area contributed by atoms with Crippen molar-refractivity contribution in [2.75, 3.05) is 18.8 Å². The summed E-state index contributed by atoms with van der Waals surface area (Å²) in [5, 5.41) is 18.5. The molecule has 0 aliphatic carbocycles. The van der Waals surface area contributed by atoms with Crippen LogP contribution >= 0.6 is 0 Å². The van der Waals surface area contributed by atoms with Gasteiger partial charge < -0.3 is 16.8 Å². The predicted molar refractivity (Wildman–Crippen MR) is 75.4 cm³/mol. The lowest BCUT2D eigenvalue weighted by Gasteiger charge is -2.06. The summed E-state index contributed by atoms with van der Waals surface area (Å²) in [4.78, 5) is 4.20. The van der Waals surface area contributed by atoms with Crippen molar-refractivity contribution in [1.29, 1.82) is 5.26 Å². The third kappa shape index (κ3) is 4.87. The lowest BCUT2D eigenvalue weighted by molar-refractivity contribution is 0.659. The molecule has 1 rings (SSSR count). The minimum atomic E-state index is 0.253. The van der Waals surface area contributed by atoms with Crippen LogP contribution in [0.3, 0.4) is 0 Å². The van der Waals surface area contributed by atoms with Gasteiger partial charge in [0, 0.05) is 13.1 Å². The molecule has 0 radical (unpaired) electrons. The maximum atomic E-state index is 8.91. The SMILES string of the molecule is CC(C)CN=C(N)NCCCc1[nH]nc(N)c1C#N. The molecule has 6 N–H and O–H groups in total. The number of nitriles is 1. The Hall–Kier alpha value is -2.23. The molecule has 0 bridgehead atoms. The van der Waals surface area contributed by atoms with Crippen LogP contribution in [0.2, 0.25) is 0 Å². The van der Waals surface area contributed by atoms with Gasteiger partial charge in [0.05, 0.1) is 5.69 Å². The van der Waals surface area contributed by atoms with Crippen molar-refractivity contribution in [3.63, 3.8) is 0 Å². The van der Waals surface area contributed by atoms with E-state index in [0.717, 1.165) is 12.1 Å². The van der Waals surface area contributed by atoms with Crippen LogP contribution in [-0.4, -0.2) is 29.2 Å². The molecule has 0 spiro atoms. The Kier molecular flexibility index (Phi) is 5.67. The summed E-state index contributed by atoms with van der Waals surface area (Å²) in [7, 11) is 0. The van der Waals surface area contributed by atoms with E-state index in [1.807, 2.05) is 6.07 Å². The Bertz CT molecular complexity index is 467. The zero-order valence-corrected chi connectivity index (χ0v) is 11.4. The van der Waals surface area contributed by atoms with Crippen LogP contribution in [0, 0.1) is 17.2 Å². The molecular formula is C12H21N7. The minimum Gasteiger partial charge on any atom is -0.381 e. The second-order valence-corrected chi connectivity index (χ2v) is 4.72. The van der Waals surface area contributed by atoms with E-state index in [2.05, 4.69) is 34.4 Å². The van der Waals surface area contributed by atoms with Gasteiger partial charge in [-0.3, -0.25) is 10.1 Å². The van der Waals surface area contributed by atoms with E-state index >= 15 is 0 Å². The molecule has 1 heterocycles. The number of hydrogen-bond donors (Lipinski definition) is 4. The van der Waals surface area contributed by atoms with E-state index in [0.29, 0.717) is 37.0 Å². The fourth-order valence-electron chi connectivity index (χ4n) is 1.52. The summed E-state index contributed by atoms with van der Waals surface area (Å²) >= 11 is 0. The van der Waals surface area contributed by atoms with Crippen molar-refractivity contribution in [3.05, 3.63) is 11.3 Å². The van der Waals surface area contributed by atoms with E-state index in [1.165, 1.54) is 0 Å². The first-order valence-corrected chi connectivity index (χ1v) is 6.31. The molecule has 7 heteroatoms. The lowest BCUT2D eigenvalue weighted by Crippen LogP contribution is -2.33. The molecule has 104 valence electrons. The molecule has 0 fully saturated rings. The Morgan fingerprint density at radius 2 is 2.32 bits per heavy atom. The fraction of sp³-hybridized carbons (Fsp3) is 0.583. The van der Waals surface area contributed by atoms with Crippen LogP contribution in [0.1, 0.15) is 31.5 Å². The van der Waals surface area contributed by atoms with Gasteiger partial charge in [0.15, 0.2) is 11.8 Å². The third-order valence-corrected chi connectivity index (χ3v) is 2.52.